The van der Waals surface area contributed by atoms with Gasteiger partial charge < -0.3 is 10.8 Å². The normalized spacial score (nSPS) is 9.94. The second-order valence-corrected chi connectivity index (χ2v) is 3.25. The topological polar surface area (TPSA) is 76.2 Å². The van der Waals surface area contributed by atoms with Crippen molar-refractivity contribution in [2.45, 2.75) is 0 Å². The van der Waals surface area contributed by atoms with E-state index >= 15 is 0 Å². The fourth-order valence-corrected chi connectivity index (χ4v) is 1.49. The van der Waals surface area contributed by atoms with E-state index in [9.17, 15) is 4.79 Å². The molecule has 4 heteroatoms. The highest BCUT2D eigenvalue weighted by Crippen LogP contribution is 2.21. The largest absolute Gasteiger partial charge is 0.476 e. The lowest BCUT2D eigenvalue weighted by atomic mass is 10.1. The molecule has 0 amide bonds. The summed E-state index contributed by atoms with van der Waals surface area (Å²) in [5, 5.41) is 9.68. The molecule has 0 fully saturated rings. The van der Waals surface area contributed by atoms with Gasteiger partial charge in [0.2, 0.25) is 0 Å². The van der Waals surface area contributed by atoms with Crippen LogP contribution < -0.4 is 5.73 Å². The summed E-state index contributed by atoms with van der Waals surface area (Å²) in [7, 11) is 0. The number of nitrogen functional groups attached to an aromatic ring is 1. The van der Waals surface area contributed by atoms with Crippen LogP contribution in [-0.4, -0.2) is 16.1 Å². The van der Waals surface area contributed by atoms with E-state index < -0.39 is 5.97 Å². The van der Waals surface area contributed by atoms with Crippen molar-refractivity contribution in [1.82, 2.24) is 4.98 Å². The number of para-hydroxylation sites is 1. The smallest absolute Gasteiger partial charge is 0.355 e. The van der Waals surface area contributed by atoms with Crippen molar-refractivity contribution < 1.29 is 9.90 Å². The molecule has 0 spiro atoms. The Balaban J connectivity index is 2.88. The van der Waals surface area contributed by atoms with Crippen LogP contribution in [0, 0.1) is 12.3 Å². The Bertz CT molecular complexity index is 627. The predicted octanol–water partition coefficient (Wildman–Crippen LogP) is 1.50. The van der Waals surface area contributed by atoms with Gasteiger partial charge in [-0.1, -0.05) is 18.1 Å². The predicted molar refractivity (Wildman–Crippen MR) is 61.0 cm³/mol. The number of anilines is 1. The number of carbonyl (C=O) groups is 1. The summed E-state index contributed by atoms with van der Waals surface area (Å²) in [6.45, 7) is 0. The number of benzene rings is 1. The minimum atomic E-state index is -1.15. The van der Waals surface area contributed by atoms with Gasteiger partial charge >= 0.3 is 5.97 Å². The third-order valence-corrected chi connectivity index (χ3v) is 2.24. The molecule has 1 heterocycles. The van der Waals surface area contributed by atoms with Crippen molar-refractivity contribution >= 4 is 22.6 Å². The average molecular weight is 212 g/mol. The maximum Gasteiger partial charge on any atom is 0.355 e. The quantitative estimate of drug-likeness (QED) is 0.554. The van der Waals surface area contributed by atoms with E-state index in [4.69, 9.17) is 17.3 Å². The van der Waals surface area contributed by atoms with Crippen LogP contribution in [-0.2, 0) is 0 Å². The van der Waals surface area contributed by atoms with Gasteiger partial charge in [0.05, 0.1) is 16.8 Å². The fourth-order valence-electron chi connectivity index (χ4n) is 1.49. The summed E-state index contributed by atoms with van der Waals surface area (Å²) in [5.74, 6) is 1.15. The summed E-state index contributed by atoms with van der Waals surface area (Å²) >= 11 is 0. The number of terminal acetylenes is 1. The van der Waals surface area contributed by atoms with Crippen LogP contribution in [0.2, 0.25) is 0 Å². The molecule has 0 unspecified atom stereocenters. The lowest BCUT2D eigenvalue weighted by molar-refractivity contribution is 0.0690. The van der Waals surface area contributed by atoms with Gasteiger partial charge in [0.1, 0.15) is 0 Å². The number of aromatic nitrogens is 1. The fraction of sp³-hybridized carbons (Fsp3) is 0. The highest BCUT2D eigenvalue weighted by Gasteiger charge is 2.12. The second-order valence-electron chi connectivity index (χ2n) is 3.25. The Morgan fingerprint density at radius 1 is 1.50 bits per heavy atom. The molecule has 16 heavy (non-hydrogen) atoms. The van der Waals surface area contributed by atoms with Gasteiger partial charge in [0, 0.05) is 5.39 Å². The number of hydrogen-bond donors (Lipinski definition) is 2. The molecular weight excluding hydrogens is 204 g/mol. The first-order valence-corrected chi connectivity index (χ1v) is 4.52. The van der Waals surface area contributed by atoms with Crippen LogP contribution >= 0.6 is 0 Å². The van der Waals surface area contributed by atoms with Crippen molar-refractivity contribution in [3.8, 4) is 12.3 Å². The third kappa shape index (κ3) is 1.44. The molecule has 0 bridgehead atoms. The molecule has 78 valence electrons. The number of nitrogens with two attached hydrogens (primary N) is 1. The molecule has 4 nitrogen and oxygen atoms in total. The second kappa shape index (κ2) is 3.55. The summed E-state index contributed by atoms with van der Waals surface area (Å²) in [5.41, 5.74) is 6.71. The zero-order chi connectivity index (χ0) is 11.7. The minimum Gasteiger partial charge on any atom is -0.476 e. The molecule has 2 aromatic rings. The van der Waals surface area contributed by atoms with Gasteiger partial charge in [-0.25, -0.2) is 9.78 Å². The number of rotatable bonds is 1. The monoisotopic (exact) mass is 212 g/mol. The number of carboxylic acid groups (broad SMARTS) is 1. The lowest BCUT2D eigenvalue weighted by Gasteiger charge is -2.04. The molecule has 0 saturated carbocycles. The molecule has 0 atom stereocenters. The standard InChI is InChI=1S/C12H8N2O2/c1-2-7-6-8-4-3-5-9(13)10(8)14-11(7)12(15)16/h1,3-6H,13H2,(H,15,16). The third-order valence-electron chi connectivity index (χ3n) is 2.24. The van der Waals surface area contributed by atoms with E-state index in [-0.39, 0.29) is 11.3 Å². The number of pyridine rings is 1. The van der Waals surface area contributed by atoms with Crippen LogP contribution in [0.1, 0.15) is 16.1 Å². The Morgan fingerprint density at radius 2 is 2.25 bits per heavy atom. The highest BCUT2D eigenvalue weighted by molar-refractivity contribution is 5.96. The Kier molecular flexibility index (Phi) is 2.22. The Hall–Kier alpha value is -2.54. The number of carboxylic acids is 1. The number of fused-ring (bicyclic) bond motifs is 1. The molecule has 0 aliphatic carbocycles. The first-order valence-electron chi connectivity index (χ1n) is 4.52. The van der Waals surface area contributed by atoms with Crippen molar-refractivity contribution in [2.24, 2.45) is 0 Å². The summed E-state index contributed by atoms with van der Waals surface area (Å²) in [6, 6.07) is 6.81. The molecule has 1 aromatic heterocycles. The number of aromatic carboxylic acids is 1. The Labute approximate surface area is 91.7 Å². The van der Waals surface area contributed by atoms with E-state index in [2.05, 4.69) is 10.9 Å². The van der Waals surface area contributed by atoms with Crippen molar-refractivity contribution in [2.75, 3.05) is 5.73 Å². The van der Waals surface area contributed by atoms with Crippen LogP contribution in [0.4, 0.5) is 5.69 Å². The maximum absolute atomic E-state index is 10.9. The van der Waals surface area contributed by atoms with Gasteiger partial charge in [0.25, 0.3) is 0 Å². The van der Waals surface area contributed by atoms with E-state index in [1.807, 2.05) is 0 Å². The van der Waals surface area contributed by atoms with Crippen LogP contribution in [0.25, 0.3) is 10.9 Å². The summed E-state index contributed by atoms with van der Waals surface area (Å²) < 4.78 is 0. The van der Waals surface area contributed by atoms with Gasteiger partial charge in [-0.15, -0.1) is 6.42 Å². The first kappa shape index (κ1) is 9.99. The van der Waals surface area contributed by atoms with E-state index in [0.29, 0.717) is 11.2 Å². The lowest BCUT2D eigenvalue weighted by Crippen LogP contribution is -2.05. The SMILES string of the molecule is C#Cc1cc2cccc(N)c2nc1C(=O)O. The highest BCUT2D eigenvalue weighted by atomic mass is 16.4. The van der Waals surface area contributed by atoms with Crippen molar-refractivity contribution in [3.05, 3.63) is 35.5 Å². The molecule has 0 saturated heterocycles. The zero-order valence-corrected chi connectivity index (χ0v) is 8.27. The maximum atomic E-state index is 10.9. The van der Waals surface area contributed by atoms with Crippen LogP contribution in [0.3, 0.4) is 0 Å². The van der Waals surface area contributed by atoms with Crippen LogP contribution in [0.5, 0.6) is 0 Å². The van der Waals surface area contributed by atoms with Gasteiger partial charge in [-0.3, -0.25) is 0 Å². The molecule has 0 aliphatic rings. The van der Waals surface area contributed by atoms with Crippen LogP contribution in [0.15, 0.2) is 24.3 Å². The Morgan fingerprint density at radius 3 is 2.88 bits per heavy atom. The van der Waals surface area contributed by atoms with E-state index in [1.54, 1.807) is 24.3 Å². The summed E-state index contributed by atoms with van der Waals surface area (Å²) in [4.78, 5) is 14.9. The first-order chi connectivity index (χ1) is 7.63. The van der Waals surface area contributed by atoms with Gasteiger partial charge in [-0.2, -0.15) is 0 Å². The van der Waals surface area contributed by atoms with E-state index in [1.165, 1.54) is 0 Å². The van der Waals surface area contributed by atoms with E-state index in [0.717, 1.165) is 5.39 Å². The summed E-state index contributed by atoms with van der Waals surface area (Å²) in [6.07, 6.45) is 5.23. The molecule has 3 N–H and O–H groups in total. The van der Waals surface area contributed by atoms with Crippen molar-refractivity contribution in [1.29, 1.82) is 0 Å². The molecule has 1 aromatic carbocycles. The minimum absolute atomic E-state index is 0.145. The van der Waals surface area contributed by atoms with Crippen molar-refractivity contribution in [3.63, 3.8) is 0 Å². The average Bonchev–Trinajstić information content (AvgIpc) is 2.27. The molecule has 0 aliphatic heterocycles. The van der Waals surface area contributed by atoms with Gasteiger partial charge in [-0.05, 0) is 12.1 Å². The molecule has 2 rings (SSSR count). The molecular formula is C12H8N2O2. The van der Waals surface area contributed by atoms with Gasteiger partial charge in [0.15, 0.2) is 5.69 Å². The number of nitrogens with zero attached hydrogens (tertiary/aromatic N) is 1. The zero-order valence-electron chi connectivity index (χ0n) is 8.27. The number of hydrogen-bond acceptors (Lipinski definition) is 3. The molecule has 0 radical (unpaired) electrons.